The van der Waals surface area contributed by atoms with Crippen molar-refractivity contribution >= 4 is 5.91 Å². The zero-order valence-corrected chi connectivity index (χ0v) is 13.7. The van der Waals surface area contributed by atoms with Crippen LogP contribution in [-0.4, -0.2) is 26.9 Å². The summed E-state index contributed by atoms with van der Waals surface area (Å²) >= 11 is 0. The summed E-state index contributed by atoms with van der Waals surface area (Å²) in [5.74, 6) is -0.0902. The number of aliphatic hydroxyl groups is 1. The topological polar surface area (TPSA) is 67.2 Å². The average Bonchev–Trinajstić information content (AvgIpc) is 3.25. The van der Waals surface area contributed by atoms with Crippen LogP contribution in [-0.2, 0) is 17.6 Å². The van der Waals surface area contributed by atoms with Crippen LogP contribution in [0.5, 0.6) is 0 Å². The minimum atomic E-state index is -0.566. The van der Waals surface area contributed by atoms with Crippen LogP contribution >= 0.6 is 0 Å². The van der Waals surface area contributed by atoms with Crippen LogP contribution in [0, 0.1) is 0 Å². The quantitative estimate of drug-likeness (QED) is 0.769. The van der Waals surface area contributed by atoms with Gasteiger partial charge in [0, 0.05) is 18.8 Å². The molecular formula is C20H19N3O2. The van der Waals surface area contributed by atoms with Crippen molar-refractivity contribution in [2.45, 2.75) is 25.0 Å². The molecule has 1 aromatic heterocycles. The van der Waals surface area contributed by atoms with Gasteiger partial charge in [0.1, 0.15) is 0 Å². The van der Waals surface area contributed by atoms with Gasteiger partial charge in [0.15, 0.2) is 0 Å². The van der Waals surface area contributed by atoms with E-state index in [1.807, 2.05) is 60.8 Å². The fraction of sp³-hybridized carbons (Fsp3) is 0.200. The van der Waals surface area contributed by atoms with Crippen molar-refractivity contribution in [1.29, 1.82) is 0 Å². The third-order valence-corrected chi connectivity index (χ3v) is 4.59. The first-order valence-corrected chi connectivity index (χ1v) is 8.35. The minimum absolute atomic E-state index is 0.0902. The average molecular weight is 333 g/mol. The molecule has 0 fully saturated rings. The van der Waals surface area contributed by atoms with Crippen molar-refractivity contribution in [3.05, 3.63) is 83.7 Å². The van der Waals surface area contributed by atoms with Gasteiger partial charge in [-0.1, -0.05) is 36.4 Å². The van der Waals surface area contributed by atoms with E-state index in [0.717, 1.165) is 22.4 Å². The highest BCUT2D eigenvalue weighted by Gasteiger charge is 2.31. The summed E-state index contributed by atoms with van der Waals surface area (Å²) in [6, 6.07) is 17.1. The van der Waals surface area contributed by atoms with Gasteiger partial charge in [-0.2, -0.15) is 5.10 Å². The number of carbonyl (C=O) groups is 1. The lowest BCUT2D eigenvalue weighted by Gasteiger charge is -2.18. The van der Waals surface area contributed by atoms with Crippen LogP contribution in [0.25, 0.3) is 5.69 Å². The highest BCUT2D eigenvalue weighted by atomic mass is 16.3. The van der Waals surface area contributed by atoms with Crippen LogP contribution in [0.3, 0.4) is 0 Å². The predicted molar refractivity (Wildman–Crippen MR) is 94.3 cm³/mol. The fourth-order valence-corrected chi connectivity index (χ4v) is 3.35. The number of amides is 1. The van der Waals surface area contributed by atoms with Crippen molar-refractivity contribution in [3.63, 3.8) is 0 Å². The lowest BCUT2D eigenvalue weighted by molar-refractivity contribution is -0.121. The van der Waals surface area contributed by atoms with Crippen molar-refractivity contribution in [2.24, 2.45) is 0 Å². The Hall–Kier alpha value is -2.92. The zero-order valence-electron chi connectivity index (χ0n) is 13.7. The molecule has 126 valence electrons. The summed E-state index contributed by atoms with van der Waals surface area (Å²) in [6.45, 7) is 0. The number of nitrogens with one attached hydrogen (secondary N) is 1. The van der Waals surface area contributed by atoms with Crippen molar-refractivity contribution in [2.75, 3.05) is 0 Å². The van der Waals surface area contributed by atoms with Crippen LogP contribution in [0.4, 0.5) is 0 Å². The smallest absolute Gasteiger partial charge is 0.224 e. The number of nitrogens with zero attached hydrogens (tertiary/aromatic N) is 2. The standard InChI is InChI=1S/C20H19N3O2/c24-18-13-15-4-1-2-5-17(15)20(18)22-19(25)12-14-6-8-16(9-7-14)23-11-3-10-21-23/h1-11,18,20,24H,12-13H2,(H,22,25)/t18-,20-/m0/s1. The SMILES string of the molecule is O=C(Cc1ccc(-n2cccn2)cc1)N[C@H]1c2ccccc2C[C@@H]1O. The molecule has 2 N–H and O–H groups in total. The minimum Gasteiger partial charge on any atom is -0.390 e. The van der Waals surface area contributed by atoms with Gasteiger partial charge in [0.05, 0.1) is 24.3 Å². The molecule has 5 heteroatoms. The molecule has 0 aliphatic heterocycles. The highest BCUT2D eigenvalue weighted by Crippen LogP contribution is 2.31. The van der Waals surface area contributed by atoms with Gasteiger partial charge in [-0.15, -0.1) is 0 Å². The van der Waals surface area contributed by atoms with Crippen LogP contribution in [0.2, 0.25) is 0 Å². The molecule has 0 unspecified atom stereocenters. The number of rotatable bonds is 4. The van der Waals surface area contributed by atoms with Gasteiger partial charge < -0.3 is 10.4 Å². The van der Waals surface area contributed by atoms with E-state index < -0.39 is 6.10 Å². The van der Waals surface area contributed by atoms with Gasteiger partial charge in [-0.05, 0) is 34.9 Å². The van der Waals surface area contributed by atoms with Crippen molar-refractivity contribution < 1.29 is 9.90 Å². The summed E-state index contributed by atoms with van der Waals surface area (Å²) in [7, 11) is 0. The van der Waals surface area contributed by atoms with Gasteiger partial charge in [-0.3, -0.25) is 4.79 Å². The lowest BCUT2D eigenvalue weighted by Crippen LogP contribution is -2.34. The Labute approximate surface area is 145 Å². The monoisotopic (exact) mass is 333 g/mol. The second-order valence-corrected chi connectivity index (χ2v) is 6.31. The van der Waals surface area contributed by atoms with E-state index in [0.29, 0.717) is 6.42 Å². The van der Waals surface area contributed by atoms with E-state index in [1.165, 1.54) is 0 Å². The first-order chi connectivity index (χ1) is 12.2. The highest BCUT2D eigenvalue weighted by molar-refractivity contribution is 5.79. The molecule has 0 spiro atoms. The number of fused-ring (bicyclic) bond motifs is 1. The summed E-state index contributed by atoms with van der Waals surface area (Å²) in [6.07, 6.45) is 3.90. The first-order valence-electron chi connectivity index (χ1n) is 8.35. The second kappa shape index (κ2) is 6.53. The fourth-order valence-electron chi connectivity index (χ4n) is 3.35. The second-order valence-electron chi connectivity index (χ2n) is 6.31. The van der Waals surface area contributed by atoms with Gasteiger partial charge in [-0.25, -0.2) is 4.68 Å². The summed E-state index contributed by atoms with van der Waals surface area (Å²) < 4.78 is 1.77. The molecule has 1 amide bonds. The maximum Gasteiger partial charge on any atom is 0.224 e. The molecule has 2 atom stereocenters. The van der Waals surface area contributed by atoms with Crippen molar-refractivity contribution in [1.82, 2.24) is 15.1 Å². The normalized spacial score (nSPS) is 18.8. The molecule has 25 heavy (non-hydrogen) atoms. The Morgan fingerprint density at radius 3 is 2.72 bits per heavy atom. The number of benzene rings is 2. The summed E-state index contributed by atoms with van der Waals surface area (Å²) in [5, 5.41) is 17.4. The first kappa shape index (κ1) is 15.6. The van der Waals surface area contributed by atoms with Crippen LogP contribution in [0.15, 0.2) is 67.0 Å². The van der Waals surface area contributed by atoms with Crippen LogP contribution in [0.1, 0.15) is 22.7 Å². The number of aliphatic hydroxyl groups excluding tert-OH is 1. The maximum atomic E-state index is 12.4. The van der Waals surface area contributed by atoms with E-state index in [9.17, 15) is 9.90 Å². The third kappa shape index (κ3) is 3.19. The molecule has 1 aliphatic carbocycles. The van der Waals surface area contributed by atoms with Gasteiger partial charge in [0.2, 0.25) is 5.91 Å². The largest absolute Gasteiger partial charge is 0.390 e. The molecule has 0 saturated heterocycles. The number of hydrogen-bond donors (Lipinski definition) is 2. The maximum absolute atomic E-state index is 12.4. The van der Waals surface area contributed by atoms with E-state index in [4.69, 9.17) is 0 Å². The molecule has 4 rings (SSSR count). The van der Waals surface area contributed by atoms with E-state index >= 15 is 0 Å². The molecule has 2 aromatic carbocycles. The Morgan fingerprint density at radius 1 is 1.16 bits per heavy atom. The Kier molecular flexibility index (Phi) is 4.07. The van der Waals surface area contributed by atoms with Gasteiger partial charge >= 0.3 is 0 Å². The molecule has 3 aromatic rings. The zero-order chi connectivity index (χ0) is 17.2. The number of aromatic nitrogens is 2. The van der Waals surface area contributed by atoms with Crippen molar-refractivity contribution in [3.8, 4) is 5.69 Å². The Balaban J connectivity index is 1.42. The Morgan fingerprint density at radius 2 is 1.96 bits per heavy atom. The molecule has 0 radical (unpaired) electrons. The number of hydrogen-bond acceptors (Lipinski definition) is 3. The molecule has 0 bridgehead atoms. The van der Waals surface area contributed by atoms with E-state index in [2.05, 4.69) is 10.4 Å². The Bertz CT molecular complexity index is 872. The van der Waals surface area contributed by atoms with E-state index in [1.54, 1.807) is 10.9 Å². The van der Waals surface area contributed by atoms with E-state index in [-0.39, 0.29) is 18.4 Å². The predicted octanol–water partition coefficient (Wildman–Crippen LogP) is 2.19. The lowest BCUT2D eigenvalue weighted by atomic mass is 10.1. The van der Waals surface area contributed by atoms with Gasteiger partial charge in [0.25, 0.3) is 0 Å². The number of carbonyl (C=O) groups excluding carboxylic acids is 1. The van der Waals surface area contributed by atoms with Crippen LogP contribution < -0.4 is 5.32 Å². The molecule has 1 heterocycles. The summed E-state index contributed by atoms with van der Waals surface area (Å²) in [5.41, 5.74) is 3.99. The molecule has 5 nitrogen and oxygen atoms in total. The molecular weight excluding hydrogens is 314 g/mol. The summed E-state index contributed by atoms with van der Waals surface area (Å²) in [4.78, 5) is 12.4. The molecule has 0 saturated carbocycles. The third-order valence-electron chi connectivity index (χ3n) is 4.59. The molecule has 1 aliphatic rings.